The third-order valence-corrected chi connectivity index (χ3v) is 7.06. The molecule has 2 amide bonds. The molecule has 1 atom stereocenters. The van der Waals surface area contributed by atoms with E-state index < -0.39 is 6.04 Å². The number of carbonyl (C=O) groups is 2. The number of hydrogen-bond acceptors (Lipinski definition) is 5. The van der Waals surface area contributed by atoms with E-state index in [2.05, 4.69) is 5.32 Å². The highest BCUT2D eigenvalue weighted by atomic mass is 32.2. The molecule has 0 spiro atoms. The largest absolute Gasteiger partial charge is 0.356 e. The second kappa shape index (κ2) is 10.9. The minimum absolute atomic E-state index is 0.0937. The summed E-state index contributed by atoms with van der Waals surface area (Å²) in [4.78, 5) is 36.8. The fourth-order valence-corrected chi connectivity index (χ4v) is 5.12. The lowest BCUT2D eigenvalue weighted by molar-refractivity contribution is -0.125. The van der Waals surface area contributed by atoms with Crippen LogP contribution in [0.2, 0.25) is 0 Å². The lowest BCUT2D eigenvalue weighted by atomic mass is 10.1. The van der Waals surface area contributed by atoms with E-state index in [0.29, 0.717) is 29.7 Å². The summed E-state index contributed by atoms with van der Waals surface area (Å²) in [7, 11) is 0. The fraction of sp³-hybridized carbons (Fsp3) is 0.214. The number of halogens is 1. The molecule has 0 saturated carbocycles. The number of fused-ring (bicyclic) bond motifs is 3. The Hall–Kier alpha value is -3.78. The molecule has 2 heterocycles. The van der Waals surface area contributed by atoms with Crippen LogP contribution in [0.25, 0.3) is 0 Å². The third-order valence-electron chi connectivity index (χ3n) is 6.05. The van der Waals surface area contributed by atoms with Crippen LogP contribution in [0.3, 0.4) is 0 Å². The molecule has 5 rings (SSSR count). The maximum atomic E-state index is 13.4. The van der Waals surface area contributed by atoms with Crippen molar-refractivity contribution in [2.45, 2.75) is 31.1 Å². The van der Waals surface area contributed by atoms with Gasteiger partial charge in [0.15, 0.2) is 5.17 Å². The van der Waals surface area contributed by atoms with Crippen molar-refractivity contribution in [3.05, 3.63) is 101 Å². The number of rotatable bonds is 8. The first-order valence-electron chi connectivity index (χ1n) is 11.9. The molecule has 0 fully saturated rings. The maximum absolute atomic E-state index is 13.4. The van der Waals surface area contributed by atoms with Gasteiger partial charge in [0.2, 0.25) is 5.91 Å². The van der Waals surface area contributed by atoms with Crippen molar-refractivity contribution < 1.29 is 14.0 Å². The van der Waals surface area contributed by atoms with Gasteiger partial charge in [-0.05, 0) is 48.2 Å². The first-order valence-corrected chi connectivity index (χ1v) is 12.8. The van der Waals surface area contributed by atoms with Gasteiger partial charge in [-0.1, -0.05) is 66.4 Å². The Labute approximate surface area is 213 Å². The Morgan fingerprint density at radius 1 is 0.972 bits per heavy atom. The molecule has 3 aromatic carbocycles. The van der Waals surface area contributed by atoms with E-state index in [9.17, 15) is 14.0 Å². The number of carbonyl (C=O) groups excluding carboxylic acids is 2. The molecule has 1 N–H and O–H groups in total. The van der Waals surface area contributed by atoms with Crippen molar-refractivity contribution in [2.75, 3.05) is 6.54 Å². The molecule has 2 aliphatic rings. The Bertz CT molecular complexity index is 1320. The van der Waals surface area contributed by atoms with Crippen LogP contribution < -0.4 is 5.32 Å². The van der Waals surface area contributed by atoms with Crippen molar-refractivity contribution in [3.8, 4) is 0 Å². The molecule has 182 valence electrons. The van der Waals surface area contributed by atoms with E-state index in [0.717, 1.165) is 28.8 Å². The highest BCUT2D eigenvalue weighted by molar-refractivity contribution is 8.13. The van der Waals surface area contributed by atoms with Crippen molar-refractivity contribution in [1.82, 2.24) is 10.2 Å². The van der Waals surface area contributed by atoms with Crippen LogP contribution in [-0.2, 0) is 21.8 Å². The SMILES string of the molecule is O=C(CC[C@@H]1N=C2c3ccccc3N=C(SCc3ccc(F)cc3)N2C1=O)NCCc1ccccc1. The number of hydrogen-bond donors (Lipinski definition) is 1. The van der Waals surface area contributed by atoms with Gasteiger partial charge >= 0.3 is 0 Å². The Morgan fingerprint density at radius 2 is 1.72 bits per heavy atom. The Kier molecular flexibility index (Phi) is 7.23. The lowest BCUT2D eigenvalue weighted by Gasteiger charge is -2.25. The molecule has 0 unspecified atom stereocenters. The quantitative estimate of drug-likeness (QED) is 0.480. The van der Waals surface area contributed by atoms with Gasteiger partial charge in [0, 0.05) is 24.3 Å². The molecular weight excluding hydrogens is 475 g/mol. The summed E-state index contributed by atoms with van der Waals surface area (Å²) >= 11 is 1.41. The van der Waals surface area contributed by atoms with Crippen LogP contribution in [0.1, 0.15) is 29.5 Å². The normalized spacial score (nSPS) is 16.2. The summed E-state index contributed by atoms with van der Waals surface area (Å²) in [6, 6.07) is 23.2. The maximum Gasteiger partial charge on any atom is 0.259 e. The summed E-state index contributed by atoms with van der Waals surface area (Å²) in [6.45, 7) is 0.548. The van der Waals surface area contributed by atoms with Gasteiger partial charge in [-0.25, -0.2) is 14.3 Å². The van der Waals surface area contributed by atoms with Crippen molar-refractivity contribution in [1.29, 1.82) is 0 Å². The smallest absolute Gasteiger partial charge is 0.259 e. The number of amides is 2. The summed E-state index contributed by atoms with van der Waals surface area (Å²) in [5.41, 5.74) is 3.64. The van der Waals surface area contributed by atoms with Crippen LogP contribution >= 0.6 is 11.8 Å². The molecule has 0 aromatic heterocycles. The lowest BCUT2D eigenvalue weighted by Crippen LogP contribution is -2.41. The fourth-order valence-electron chi connectivity index (χ4n) is 4.16. The number of aliphatic imine (C=N–C) groups is 2. The van der Waals surface area contributed by atoms with Gasteiger partial charge in [-0.3, -0.25) is 14.6 Å². The molecular formula is C28H25FN4O2S. The summed E-state index contributed by atoms with van der Waals surface area (Å²) in [5.74, 6) is 0.545. The average molecular weight is 501 g/mol. The van der Waals surface area contributed by atoms with Crippen LogP contribution in [-0.4, -0.2) is 40.3 Å². The summed E-state index contributed by atoms with van der Waals surface area (Å²) in [5, 5.41) is 3.47. The molecule has 3 aromatic rings. The van der Waals surface area contributed by atoms with E-state index in [1.54, 1.807) is 17.0 Å². The molecule has 2 aliphatic heterocycles. The third kappa shape index (κ3) is 5.39. The first kappa shape index (κ1) is 23.9. The zero-order valence-corrected chi connectivity index (χ0v) is 20.4. The van der Waals surface area contributed by atoms with E-state index in [1.165, 1.54) is 23.9 Å². The Morgan fingerprint density at radius 3 is 2.53 bits per heavy atom. The van der Waals surface area contributed by atoms with Gasteiger partial charge in [-0.15, -0.1) is 0 Å². The second-order valence-corrected chi connectivity index (χ2v) is 9.54. The Balaban J connectivity index is 1.24. The zero-order valence-electron chi connectivity index (χ0n) is 19.6. The molecule has 0 saturated heterocycles. The average Bonchev–Trinajstić information content (AvgIpc) is 3.24. The highest BCUT2D eigenvalue weighted by Gasteiger charge is 2.41. The molecule has 6 nitrogen and oxygen atoms in total. The molecule has 0 radical (unpaired) electrons. The van der Waals surface area contributed by atoms with Crippen LogP contribution in [0.5, 0.6) is 0 Å². The van der Waals surface area contributed by atoms with Crippen molar-refractivity contribution >= 4 is 40.3 Å². The number of para-hydroxylation sites is 1. The zero-order chi connectivity index (χ0) is 24.9. The molecule has 8 heteroatoms. The van der Waals surface area contributed by atoms with Crippen molar-refractivity contribution in [3.63, 3.8) is 0 Å². The van der Waals surface area contributed by atoms with Gasteiger partial charge < -0.3 is 5.32 Å². The summed E-state index contributed by atoms with van der Waals surface area (Å²) in [6.07, 6.45) is 1.30. The molecule has 36 heavy (non-hydrogen) atoms. The minimum atomic E-state index is -0.636. The van der Waals surface area contributed by atoms with Gasteiger partial charge in [0.1, 0.15) is 17.7 Å². The molecule has 0 aliphatic carbocycles. The number of nitrogens with zero attached hydrogens (tertiary/aromatic N) is 3. The van der Waals surface area contributed by atoms with E-state index in [-0.39, 0.29) is 24.1 Å². The predicted octanol–water partition coefficient (Wildman–Crippen LogP) is 4.86. The number of nitrogens with one attached hydrogen (secondary N) is 1. The van der Waals surface area contributed by atoms with Gasteiger partial charge in [0.25, 0.3) is 5.91 Å². The second-order valence-electron chi connectivity index (χ2n) is 8.59. The molecule has 0 bridgehead atoms. The topological polar surface area (TPSA) is 74.1 Å². The summed E-state index contributed by atoms with van der Waals surface area (Å²) < 4.78 is 13.3. The van der Waals surface area contributed by atoms with Crippen LogP contribution in [0, 0.1) is 5.82 Å². The van der Waals surface area contributed by atoms with Crippen LogP contribution in [0.15, 0.2) is 88.8 Å². The van der Waals surface area contributed by atoms with Crippen molar-refractivity contribution in [2.24, 2.45) is 9.98 Å². The van der Waals surface area contributed by atoms with Gasteiger partial charge in [-0.2, -0.15) is 0 Å². The monoisotopic (exact) mass is 500 g/mol. The van der Waals surface area contributed by atoms with E-state index in [1.807, 2.05) is 54.6 Å². The number of thioether (sulfide) groups is 1. The van der Waals surface area contributed by atoms with Crippen LogP contribution in [0.4, 0.5) is 10.1 Å². The first-order chi connectivity index (χ1) is 17.6. The standard InChI is InChI=1S/C28H25FN4O2S/c29-21-12-10-20(11-13-21)18-36-28-32-23-9-5-4-8-22(23)26-31-24(27(35)33(26)28)14-15-25(34)30-17-16-19-6-2-1-3-7-19/h1-13,24H,14-18H2,(H,30,34)/t24-/m0/s1. The number of amidine groups is 2. The minimum Gasteiger partial charge on any atom is -0.356 e. The number of benzene rings is 3. The predicted molar refractivity (Wildman–Crippen MR) is 141 cm³/mol. The highest BCUT2D eigenvalue weighted by Crippen LogP contribution is 2.35. The van der Waals surface area contributed by atoms with E-state index in [4.69, 9.17) is 9.98 Å². The van der Waals surface area contributed by atoms with Gasteiger partial charge in [0.05, 0.1) is 5.69 Å². The van der Waals surface area contributed by atoms with E-state index >= 15 is 0 Å².